The molecule has 0 unspecified atom stereocenters. The van der Waals surface area contributed by atoms with Gasteiger partial charge in [0.25, 0.3) is 0 Å². The second-order valence-corrected chi connectivity index (χ2v) is 15.9. The number of nitrogens with zero attached hydrogens (tertiary/aromatic N) is 3. The minimum absolute atomic E-state index is 0.0623. The Bertz CT molecular complexity index is 3070. The Morgan fingerprint density at radius 2 is 0.673 bits per heavy atom. The number of hydrogen-bond acceptors (Lipinski definition) is 0. The van der Waals surface area contributed by atoms with Gasteiger partial charge in [-0.3, -0.25) is 0 Å². The van der Waals surface area contributed by atoms with E-state index in [1.54, 1.807) is 0 Å². The zero-order valence-electron chi connectivity index (χ0n) is 31.2. The average Bonchev–Trinajstić information content (AvgIpc) is 3.86. The van der Waals surface area contributed by atoms with Gasteiger partial charge < -0.3 is 13.7 Å². The molecule has 0 amide bonds. The first kappa shape index (κ1) is 31.7. The third-order valence-electron chi connectivity index (χ3n) is 11.6. The second kappa shape index (κ2) is 11.8. The molecule has 3 heteroatoms. The van der Waals surface area contributed by atoms with Crippen molar-refractivity contribution in [3.05, 3.63) is 188 Å². The average molecular weight is 706 g/mol. The Labute approximate surface area is 319 Å². The van der Waals surface area contributed by atoms with Crippen LogP contribution in [0.25, 0.3) is 93.6 Å². The predicted molar refractivity (Wildman–Crippen MR) is 234 cm³/mol. The van der Waals surface area contributed by atoms with Crippen LogP contribution in [0.4, 0.5) is 0 Å². The van der Waals surface area contributed by atoms with E-state index in [-0.39, 0.29) is 5.41 Å². The molecule has 0 saturated heterocycles. The molecule has 0 aliphatic heterocycles. The molecule has 0 spiro atoms. The van der Waals surface area contributed by atoms with E-state index < -0.39 is 0 Å². The Balaban J connectivity index is 1.19. The molecular formula is C52H39N3. The van der Waals surface area contributed by atoms with Crippen LogP contribution >= 0.6 is 0 Å². The molecule has 0 N–H and O–H groups in total. The van der Waals surface area contributed by atoms with E-state index >= 15 is 0 Å². The maximum Gasteiger partial charge on any atom is 0.0541 e. The van der Waals surface area contributed by atoms with Crippen molar-refractivity contribution in [3.63, 3.8) is 0 Å². The molecule has 0 aliphatic rings. The first-order valence-electron chi connectivity index (χ1n) is 19.2. The largest absolute Gasteiger partial charge is 0.309 e. The molecule has 3 aromatic heterocycles. The predicted octanol–water partition coefficient (Wildman–Crippen LogP) is 13.9. The summed E-state index contributed by atoms with van der Waals surface area (Å²) < 4.78 is 7.32. The monoisotopic (exact) mass is 705 g/mol. The van der Waals surface area contributed by atoms with Crippen molar-refractivity contribution in [2.24, 2.45) is 0 Å². The van der Waals surface area contributed by atoms with Crippen LogP contribution in [0.15, 0.2) is 182 Å². The minimum atomic E-state index is 0.0623. The first-order valence-corrected chi connectivity index (χ1v) is 19.2. The van der Waals surface area contributed by atoms with E-state index in [1.807, 2.05) is 0 Å². The molecule has 0 saturated carbocycles. The van der Waals surface area contributed by atoms with Crippen molar-refractivity contribution in [1.29, 1.82) is 0 Å². The summed E-state index contributed by atoms with van der Waals surface area (Å²) in [6.45, 7) is 6.87. The molecular weight excluding hydrogens is 667 g/mol. The fourth-order valence-electron chi connectivity index (χ4n) is 8.96. The van der Waals surface area contributed by atoms with Crippen molar-refractivity contribution >= 4 is 65.4 Å². The summed E-state index contributed by atoms with van der Waals surface area (Å²) in [5.74, 6) is 0. The zero-order chi connectivity index (χ0) is 36.8. The van der Waals surface area contributed by atoms with Gasteiger partial charge in [0.1, 0.15) is 0 Å². The van der Waals surface area contributed by atoms with E-state index in [0.29, 0.717) is 0 Å². The highest BCUT2D eigenvalue weighted by Gasteiger charge is 2.20. The molecule has 0 atom stereocenters. The van der Waals surface area contributed by atoms with E-state index in [9.17, 15) is 0 Å². The van der Waals surface area contributed by atoms with Crippen LogP contribution in [0.3, 0.4) is 0 Å². The third-order valence-corrected chi connectivity index (χ3v) is 11.6. The quantitative estimate of drug-likeness (QED) is 0.173. The standard InChI is InChI=1S/C52H39N3/c1-52(2,3)36-27-28-51-45(32-36)44-21-8-13-26-50(44)53(51)37-16-14-15-34(29-37)35-30-38(54-46-22-9-4-17-40(46)41-18-5-10-23-47(41)54)33-39(31-35)55-48-24-11-6-19-42(48)43-20-7-12-25-49(43)55/h4-33H,1-3H3. The maximum absolute atomic E-state index is 2.44. The fraction of sp³-hybridized carbons (Fsp3) is 0.0769. The van der Waals surface area contributed by atoms with Crippen molar-refractivity contribution < 1.29 is 0 Å². The topological polar surface area (TPSA) is 14.8 Å². The van der Waals surface area contributed by atoms with Gasteiger partial charge >= 0.3 is 0 Å². The molecule has 8 aromatic carbocycles. The SMILES string of the molecule is CC(C)(C)c1ccc2c(c1)c1ccccc1n2-c1cccc(-c2cc(-n3c4ccccc4c4ccccc43)cc(-n3c4ccccc4c4ccccc43)c2)c1. The summed E-state index contributed by atoms with van der Waals surface area (Å²) in [6.07, 6.45) is 0. The second-order valence-electron chi connectivity index (χ2n) is 15.9. The van der Waals surface area contributed by atoms with Crippen LogP contribution < -0.4 is 0 Å². The van der Waals surface area contributed by atoms with Gasteiger partial charge in [-0.15, -0.1) is 0 Å². The summed E-state index contributed by atoms with van der Waals surface area (Å²) in [4.78, 5) is 0. The number of rotatable bonds is 4. The molecule has 3 heterocycles. The number of aromatic nitrogens is 3. The highest BCUT2D eigenvalue weighted by molar-refractivity contribution is 6.11. The highest BCUT2D eigenvalue weighted by atomic mass is 15.0. The van der Waals surface area contributed by atoms with Crippen molar-refractivity contribution in [2.75, 3.05) is 0 Å². The van der Waals surface area contributed by atoms with Gasteiger partial charge in [0, 0.05) is 49.4 Å². The van der Waals surface area contributed by atoms with Crippen LogP contribution in [-0.2, 0) is 5.41 Å². The lowest BCUT2D eigenvalue weighted by Gasteiger charge is -2.19. The van der Waals surface area contributed by atoms with E-state index in [0.717, 1.165) is 22.6 Å². The fourth-order valence-corrected chi connectivity index (χ4v) is 8.96. The number of para-hydroxylation sites is 5. The Morgan fingerprint density at radius 1 is 0.291 bits per heavy atom. The van der Waals surface area contributed by atoms with Gasteiger partial charge in [0.2, 0.25) is 0 Å². The van der Waals surface area contributed by atoms with Crippen molar-refractivity contribution in [1.82, 2.24) is 13.7 Å². The molecule has 11 rings (SSSR count). The third kappa shape index (κ3) is 4.83. The summed E-state index contributed by atoms with van der Waals surface area (Å²) in [5.41, 5.74) is 14.4. The number of fused-ring (bicyclic) bond motifs is 9. The van der Waals surface area contributed by atoms with Gasteiger partial charge in [-0.05, 0) is 94.9 Å². The van der Waals surface area contributed by atoms with Crippen LogP contribution in [0.2, 0.25) is 0 Å². The molecule has 3 nitrogen and oxygen atoms in total. The van der Waals surface area contributed by atoms with E-state index in [2.05, 4.69) is 216 Å². The summed E-state index contributed by atoms with van der Waals surface area (Å²) in [5, 5.41) is 7.58. The van der Waals surface area contributed by atoms with Gasteiger partial charge in [0.05, 0.1) is 33.1 Å². The highest BCUT2D eigenvalue weighted by Crippen LogP contribution is 2.40. The normalized spacial score (nSPS) is 12.3. The van der Waals surface area contributed by atoms with Crippen LogP contribution in [0, 0.1) is 0 Å². The molecule has 0 radical (unpaired) electrons. The summed E-state index contributed by atoms with van der Waals surface area (Å²) in [6, 6.07) is 67.1. The van der Waals surface area contributed by atoms with Crippen LogP contribution in [-0.4, -0.2) is 13.7 Å². The van der Waals surface area contributed by atoms with Gasteiger partial charge in [0.15, 0.2) is 0 Å². The van der Waals surface area contributed by atoms with E-state index in [4.69, 9.17) is 0 Å². The van der Waals surface area contributed by atoms with Crippen LogP contribution in [0.5, 0.6) is 0 Å². The molecule has 0 fully saturated rings. The zero-order valence-corrected chi connectivity index (χ0v) is 31.2. The summed E-state index contributed by atoms with van der Waals surface area (Å²) in [7, 11) is 0. The lowest BCUT2D eigenvalue weighted by atomic mass is 9.86. The van der Waals surface area contributed by atoms with Gasteiger partial charge in [-0.1, -0.05) is 130 Å². The Kier molecular flexibility index (Phi) is 6.81. The molecule has 11 aromatic rings. The first-order chi connectivity index (χ1) is 26.9. The lowest BCUT2D eigenvalue weighted by molar-refractivity contribution is 0.591. The van der Waals surface area contributed by atoms with Gasteiger partial charge in [-0.25, -0.2) is 0 Å². The maximum atomic E-state index is 2.44. The Morgan fingerprint density at radius 3 is 1.13 bits per heavy atom. The number of hydrogen-bond donors (Lipinski definition) is 0. The molecule has 0 bridgehead atoms. The number of benzene rings is 8. The molecule has 262 valence electrons. The molecule has 0 aliphatic carbocycles. The van der Waals surface area contributed by atoms with Gasteiger partial charge in [-0.2, -0.15) is 0 Å². The van der Waals surface area contributed by atoms with E-state index in [1.165, 1.54) is 76.5 Å². The summed E-state index contributed by atoms with van der Waals surface area (Å²) >= 11 is 0. The van der Waals surface area contributed by atoms with Crippen molar-refractivity contribution in [2.45, 2.75) is 26.2 Å². The Hall–Kier alpha value is -6.84. The smallest absolute Gasteiger partial charge is 0.0541 e. The van der Waals surface area contributed by atoms with Crippen molar-refractivity contribution in [3.8, 4) is 28.2 Å². The van der Waals surface area contributed by atoms with Crippen LogP contribution in [0.1, 0.15) is 26.3 Å². The lowest BCUT2D eigenvalue weighted by Crippen LogP contribution is -2.10. The molecule has 55 heavy (non-hydrogen) atoms. The minimum Gasteiger partial charge on any atom is -0.309 e.